The van der Waals surface area contributed by atoms with Crippen molar-refractivity contribution in [2.24, 2.45) is 28.6 Å². The van der Waals surface area contributed by atoms with Crippen LogP contribution in [0.1, 0.15) is 121 Å². The monoisotopic (exact) mass is 376 g/mol. The standard InChI is InChI=1S/C27H52/c1-12-16-24(17-13-2)26(8,9)20-22(7)18-19-25(21(5)6)27(10,11)23(14-3)15-4/h18-19,21,23-24H,12-17,20H2,1-11H3. The topological polar surface area (TPSA) is 0 Å². The summed E-state index contributed by atoms with van der Waals surface area (Å²) >= 11 is 0. The summed E-state index contributed by atoms with van der Waals surface area (Å²) in [5.74, 6) is 2.20. The van der Waals surface area contributed by atoms with Gasteiger partial charge in [0.1, 0.15) is 0 Å². The molecule has 0 amide bonds. The van der Waals surface area contributed by atoms with Gasteiger partial charge in [-0.1, -0.05) is 131 Å². The molecule has 0 heterocycles. The van der Waals surface area contributed by atoms with E-state index in [2.05, 4.69) is 88.3 Å². The average Bonchev–Trinajstić information content (AvgIpc) is 2.54. The summed E-state index contributed by atoms with van der Waals surface area (Å²) in [5.41, 5.74) is 3.82. The smallest absolute Gasteiger partial charge is 0.0111 e. The number of hydrogen-bond donors (Lipinski definition) is 0. The van der Waals surface area contributed by atoms with E-state index in [4.69, 9.17) is 0 Å². The van der Waals surface area contributed by atoms with E-state index in [9.17, 15) is 0 Å². The summed E-state index contributed by atoms with van der Waals surface area (Å²) in [7, 11) is 0. The highest BCUT2D eigenvalue weighted by atomic mass is 14.4. The zero-order chi connectivity index (χ0) is 21.3. The van der Waals surface area contributed by atoms with Crippen LogP contribution in [-0.2, 0) is 0 Å². The van der Waals surface area contributed by atoms with E-state index < -0.39 is 0 Å². The fraction of sp³-hybridized carbons (Fsp3) is 0.852. The highest BCUT2D eigenvalue weighted by Gasteiger charge is 2.32. The molecule has 0 aliphatic heterocycles. The Morgan fingerprint density at radius 3 is 1.63 bits per heavy atom. The van der Waals surface area contributed by atoms with E-state index >= 15 is 0 Å². The SMILES string of the molecule is CCCC(CCC)C(C)(C)CC(C)=CC=C(C(C)C)C(C)(C)C(CC)CC. The first kappa shape index (κ1) is 26.5. The van der Waals surface area contributed by atoms with Crippen molar-refractivity contribution in [2.75, 3.05) is 0 Å². The van der Waals surface area contributed by atoms with Crippen LogP contribution in [0.5, 0.6) is 0 Å². The molecular formula is C27H52. The molecule has 0 N–H and O–H groups in total. The third-order valence-corrected chi connectivity index (χ3v) is 7.03. The highest BCUT2D eigenvalue weighted by molar-refractivity contribution is 5.24. The molecule has 0 rings (SSSR count). The van der Waals surface area contributed by atoms with E-state index in [0.29, 0.717) is 11.3 Å². The first-order valence-corrected chi connectivity index (χ1v) is 11.8. The van der Waals surface area contributed by atoms with Gasteiger partial charge in [0.25, 0.3) is 0 Å². The zero-order valence-electron chi connectivity index (χ0n) is 20.8. The van der Waals surface area contributed by atoms with Gasteiger partial charge in [-0.05, 0) is 41.9 Å². The van der Waals surface area contributed by atoms with Crippen molar-refractivity contribution in [3.63, 3.8) is 0 Å². The molecule has 0 nitrogen and oxygen atoms in total. The Kier molecular flexibility index (Phi) is 11.9. The second-order valence-electron chi connectivity index (χ2n) is 10.5. The van der Waals surface area contributed by atoms with Crippen LogP contribution >= 0.6 is 0 Å². The Morgan fingerprint density at radius 2 is 1.26 bits per heavy atom. The molecule has 0 unspecified atom stereocenters. The normalized spacial score (nSPS) is 14.7. The Morgan fingerprint density at radius 1 is 0.778 bits per heavy atom. The Labute approximate surface area is 173 Å². The summed E-state index contributed by atoms with van der Waals surface area (Å²) < 4.78 is 0. The van der Waals surface area contributed by atoms with Crippen LogP contribution in [0.4, 0.5) is 0 Å². The van der Waals surface area contributed by atoms with Crippen LogP contribution in [0.25, 0.3) is 0 Å². The van der Waals surface area contributed by atoms with Gasteiger partial charge in [-0.15, -0.1) is 0 Å². The first-order chi connectivity index (χ1) is 12.5. The van der Waals surface area contributed by atoms with Gasteiger partial charge in [0.05, 0.1) is 0 Å². The molecule has 0 spiro atoms. The molecule has 0 fully saturated rings. The van der Waals surface area contributed by atoms with Gasteiger partial charge in [0, 0.05) is 0 Å². The number of hydrogen-bond acceptors (Lipinski definition) is 0. The van der Waals surface area contributed by atoms with Crippen molar-refractivity contribution in [3.05, 3.63) is 23.3 Å². The average molecular weight is 377 g/mol. The molecule has 0 bridgehead atoms. The summed E-state index contributed by atoms with van der Waals surface area (Å²) in [6.07, 6.45) is 14.0. The van der Waals surface area contributed by atoms with Crippen molar-refractivity contribution >= 4 is 0 Å². The van der Waals surface area contributed by atoms with Crippen molar-refractivity contribution in [1.29, 1.82) is 0 Å². The second kappa shape index (κ2) is 12.1. The van der Waals surface area contributed by atoms with Gasteiger partial charge in [-0.3, -0.25) is 0 Å². The van der Waals surface area contributed by atoms with E-state index in [1.54, 1.807) is 5.57 Å². The first-order valence-electron chi connectivity index (χ1n) is 11.8. The fourth-order valence-corrected chi connectivity index (χ4v) is 5.47. The maximum atomic E-state index is 2.49. The minimum atomic E-state index is 0.275. The predicted molar refractivity (Wildman–Crippen MR) is 126 cm³/mol. The number of allylic oxidation sites excluding steroid dienone is 4. The molecule has 0 aromatic rings. The Balaban J connectivity index is 5.55. The van der Waals surface area contributed by atoms with Crippen molar-refractivity contribution in [3.8, 4) is 0 Å². The highest BCUT2D eigenvalue weighted by Crippen LogP contribution is 2.43. The Hall–Kier alpha value is -0.520. The lowest BCUT2D eigenvalue weighted by Gasteiger charge is -2.38. The van der Waals surface area contributed by atoms with Gasteiger partial charge in [0.2, 0.25) is 0 Å². The molecule has 0 aliphatic carbocycles. The lowest BCUT2D eigenvalue weighted by molar-refractivity contribution is 0.182. The van der Waals surface area contributed by atoms with Gasteiger partial charge < -0.3 is 0 Å². The lowest BCUT2D eigenvalue weighted by atomic mass is 9.67. The molecule has 0 radical (unpaired) electrons. The minimum absolute atomic E-state index is 0.275. The summed E-state index contributed by atoms with van der Waals surface area (Å²) in [6, 6.07) is 0. The Bertz CT molecular complexity index is 448. The molecule has 0 saturated heterocycles. The summed E-state index contributed by atoms with van der Waals surface area (Å²) in [6.45, 7) is 26.3. The largest absolute Gasteiger partial charge is 0.0728 e. The van der Waals surface area contributed by atoms with Gasteiger partial charge in [-0.25, -0.2) is 0 Å². The molecule has 0 aliphatic rings. The van der Waals surface area contributed by atoms with Crippen LogP contribution in [0.15, 0.2) is 23.3 Å². The third-order valence-electron chi connectivity index (χ3n) is 7.03. The van der Waals surface area contributed by atoms with Crippen LogP contribution in [0.2, 0.25) is 0 Å². The fourth-order valence-electron chi connectivity index (χ4n) is 5.47. The molecule has 0 aromatic heterocycles. The van der Waals surface area contributed by atoms with Crippen LogP contribution in [-0.4, -0.2) is 0 Å². The molecule has 160 valence electrons. The lowest BCUT2D eigenvalue weighted by Crippen LogP contribution is -2.28. The van der Waals surface area contributed by atoms with Crippen molar-refractivity contribution in [2.45, 2.75) is 121 Å². The molecule has 0 saturated carbocycles. The molecular weight excluding hydrogens is 324 g/mol. The molecule has 0 atom stereocenters. The summed E-state index contributed by atoms with van der Waals surface area (Å²) in [4.78, 5) is 0. The predicted octanol–water partition coefficient (Wildman–Crippen LogP) is 9.61. The van der Waals surface area contributed by atoms with Crippen LogP contribution in [0, 0.1) is 28.6 Å². The maximum absolute atomic E-state index is 2.49. The zero-order valence-corrected chi connectivity index (χ0v) is 20.8. The van der Waals surface area contributed by atoms with Crippen molar-refractivity contribution in [1.82, 2.24) is 0 Å². The minimum Gasteiger partial charge on any atom is -0.0728 e. The van der Waals surface area contributed by atoms with Crippen LogP contribution in [0.3, 0.4) is 0 Å². The van der Waals surface area contributed by atoms with Gasteiger partial charge in [-0.2, -0.15) is 0 Å². The van der Waals surface area contributed by atoms with Crippen molar-refractivity contribution < 1.29 is 0 Å². The van der Waals surface area contributed by atoms with Crippen LogP contribution < -0.4 is 0 Å². The quantitative estimate of drug-likeness (QED) is 0.281. The summed E-state index contributed by atoms with van der Waals surface area (Å²) in [5, 5.41) is 0. The van der Waals surface area contributed by atoms with E-state index in [0.717, 1.165) is 11.8 Å². The van der Waals surface area contributed by atoms with E-state index in [-0.39, 0.29) is 5.41 Å². The van der Waals surface area contributed by atoms with E-state index in [1.807, 2.05) is 0 Å². The molecule has 0 heteroatoms. The van der Waals surface area contributed by atoms with Gasteiger partial charge in [0.15, 0.2) is 0 Å². The number of rotatable bonds is 13. The van der Waals surface area contributed by atoms with Gasteiger partial charge >= 0.3 is 0 Å². The maximum Gasteiger partial charge on any atom is -0.0111 e. The second-order valence-corrected chi connectivity index (χ2v) is 10.5. The van der Waals surface area contributed by atoms with E-state index in [1.165, 1.54) is 50.5 Å². The third kappa shape index (κ3) is 8.16. The molecule has 0 aromatic carbocycles. The molecule has 27 heavy (non-hydrogen) atoms.